The molecule has 2 unspecified atom stereocenters. The highest BCUT2D eigenvalue weighted by molar-refractivity contribution is 5.81. The summed E-state index contributed by atoms with van der Waals surface area (Å²) in [4.78, 5) is 14.6. The molecule has 2 bridgehead atoms. The number of fused-ring (bicyclic) bond motifs is 3. The van der Waals surface area contributed by atoms with Gasteiger partial charge in [-0.3, -0.25) is 4.79 Å². The largest absolute Gasteiger partial charge is 0.339 e. The van der Waals surface area contributed by atoms with Gasteiger partial charge in [-0.1, -0.05) is 54.6 Å². The minimum atomic E-state index is -0.143. The molecule has 1 aliphatic carbocycles. The van der Waals surface area contributed by atoms with Gasteiger partial charge in [-0.15, -0.1) is 0 Å². The minimum absolute atomic E-state index is 0.143. The predicted molar refractivity (Wildman–Crippen MR) is 83.0 cm³/mol. The SMILES string of the molecule is CN1C(=O)CC2(c3ccccc3)CCC1c1ccccc12. The van der Waals surface area contributed by atoms with Gasteiger partial charge in [-0.2, -0.15) is 0 Å². The van der Waals surface area contributed by atoms with E-state index in [1.54, 1.807) is 0 Å². The van der Waals surface area contributed by atoms with E-state index in [9.17, 15) is 4.79 Å². The van der Waals surface area contributed by atoms with Crippen LogP contribution in [-0.4, -0.2) is 17.9 Å². The van der Waals surface area contributed by atoms with E-state index in [-0.39, 0.29) is 17.4 Å². The minimum Gasteiger partial charge on any atom is -0.339 e. The van der Waals surface area contributed by atoms with E-state index < -0.39 is 0 Å². The second kappa shape index (κ2) is 4.45. The van der Waals surface area contributed by atoms with E-state index >= 15 is 0 Å². The molecule has 0 saturated carbocycles. The molecule has 0 N–H and O–H groups in total. The van der Waals surface area contributed by atoms with Crippen LogP contribution < -0.4 is 0 Å². The quantitative estimate of drug-likeness (QED) is 0.779. The van der Waals surface area contributed by atoms with Crippen molar-refractivity contribution >= 4 is 5.91 Å². The highest BCUT2D eigenvalue weighted by Crippen LogP contribution is 2.52. The van der Waals surface area contributed by atoms with Crippen LogP contribution in [0.5, 0.6) is 0 Å². The zero-order valence-corrected chi connectivity index (χ0v) is 12.3. The van der Waals surface area contributed by atoms with Crippen molar-refractivity contribution in [3.63, 3.8) is 0 Å². The Kier molecular flexibility index (Phi) is 2.68. The fourth-order valence-electron chi connectivity index (χ4n) is 4.20. The van der Waals surface area contributed by atoms with E-state index in [1.165, 1.54) is 16.7 Å². The van der Waals surface area contributed by atoms with Crippen LogP contribution in [0, 0.1) is 0 Å². The maximum absolute atomic E-state index is 12.6. The van der Waals surface area contributed by atoms with E-state index in [1.807, 2.05) is 18.0 Å². The van der Waals surface area contributed by atoms with Crippen molar-refractivity contribution in [1.29, 1.82) is 0 Å². The van der Waals surface area contributed by atoms with Crippen molar-refractivity contribution in [2.45, 2.75) is 30.7 Å². The van der Waals surface area contributed by atoms with Gasteiger partial charge in [0.25, 0.3) is 0 Å². The first-order valence-electron chi connectivity index (χ1n) is 7.63. The Morgan fingerprint density at radius 1 is 1.05 bits per heavy atom. The summed E-state index contributed by atoms with van der Waals surface area (Å²) in [5.41, 5.74) is 3.82. The van der Waals surface area contributed by atoms with Crippen LogP contribution in [-0.2, 0) is 10.2 Å². The molecule has 2 aromatic rings. The van der Waals surface area contributed by atoms with Crippen LogP contribution in [0.3, 0.4) is 0 Å². The second-order valence-corrected chi connectivity index (χ2v) is 6.27. The van der Waals surface area contributed by atoms with E-state index in [2.05, 4.69) is 48.5 Å². The second-order valence-electron chi connectivity index (χ2n) is 6.27. The van der Waals surface area contributed by atoms with Gasteiger partial charge in [0.2, 0.25) is 5.91 Å². The van der Waals surface area contributed by atoms with Gasteiger partial charge in [0.1, 0.15) is 0 Å². The lowest BCUT2D eigenvalue weighted by molar-refractivity contribution is -0.131. The summed E-state index contributed by atoms with van der Waals surface area (Å²) in [6, 6.07) is 19.4. The van der Waals surface area contributed by atoms with Crippen molar-refractivity contribution in [3.05, 3.63) is 71.3 Å². The maximum Gasteiger partial charge on any atom is 0.224 e. The summed E-state index contributed by atoms with van der Waals surface area (Å²) in [5, 5.41) is 0. The average Bonchev–Trinajstić information content (AvgIpc) is 2.72. The van der Waals surface area contributed by atoms with Gasteiger partial charge in [-0.05, 0) is 29.5 Å². The molecule has 1 saturated heterocycles. The Hall–Kier alpha value is -2.09. The van der Waals surface area contributed by atoms with Crippen LogP contribution in [0.25, 0.3) is 0 Å². The molecule has 106 valence electrons. The number of rotatable bonds is 1. The van der Waals surface area contributed by atoms with Crippen LogP contribution in [0.4, 0.5) is 0 Å². The Morgan fingerprint density at radius 2 is 1.76 bits per heavy atom. The van der Waals surface area contributed by atoms with E-state index in [4.69, 9.17) is 0 Å². The van der Waals surface area contributed by atoms with Gasteiger partial charge >= 0.3 is 0 Å². The van der Waals surface area contributed by atoms with Gasteiger partial charge in [0.05, 0.1) is 6.04 Å². The molecule has 0 aromatic heterocycles. The van der Waals surface area contributed by atoms with Gasteiger partial charge < -0.3 is 4.90 Å². The third-order valence-corrected chi connectivity index (χ3v) is 5.32. The van der Waals surface area contributed by atoms with Crippen LogP contribution in [0.15, 0.2) is 54.6 Å². The lowest BCUT2D eigenvalue weighted by Gasteiger charge is -2.39. The highest BCUT2D eigenvalue weighted by atomic mass is 16.2. The topological polar surface area (TPSA) is 20.3 Å². The number of benzene rings is 2. The number of carbonyl (C=O) groups excluding carboxylic acids is 1. The first kappa shape index (κ1) is 12.6. The molecule has 1 amide bonds. The van der Waals surface area contributed by atoms with Gasteiger partial charge in [0.15, 0.2) is 0 Å². The van der Waals surface area contributed by atoms with E-state index in [0.29, 0.717) is 6.42 Å². The van der Waals surface area contributed by atoms with Crippen LogP contribution in [0.1, 0.15) is 42.0 Å². The summed E-state index contributed by atoms with van der Waals surface area (Å²) in [6.45, 7) is 0. The molecule has 5 rings (SSSR count). The van der Waals surface area contributed by atoms with Crippen molar-refractivity contribution in [2.75, 3.05) is 7.05 Å². The summed E-state index contributed by atoms with van der Waals surface area (Å²) >= 11 is 0. The molecule has 2 atom stereocenters. The fraction of sp³-hybridized carbons (Fsp3) is 0.316. The molecule has 0 radical (unpaired) electrons. The predicted octanol–water partition coefficient (Wildman–Crippen LogP) is 3.67. The fourth-order valence-corrected chi connectivity index (χ4v) is 4.20. The third-order valence-electron chi connectivity index (χ3n) is 5.32. The molecule has 2 heterocycles. The molecule has 2 aliphatic heterocycles. The van der Waals surface area contributed by atoms with Gasteiger partial charge in [0, 0.05) is 18.9 Å². The number of amides is 1. The smallest absolute Gasteiger partial charge is 0.224 e. The Morgan fingerprint density at radius 3 is 2.57 bits per heavy atom. The molecule has 21 heavy (non-hydrogen) atoms. The molecular formula is C19H19NO. The molecule has 2 heteroatoms. The zero-order chi connectivity index (χ0) is 14.4. The average molecular weight is 277 g/mol. The summed E-state index contributed by atoms with van der Waals surface area (Å²) in [6.07, 6.45) is 2.68. The molecule has 2 nitrogen and oxygen atoms in total. The van der Waals surface area contributed by atoms with Crippen LogP contribution >= 0.6 is 0 Å². The van der Waals surface area contributed by atoms with Crippen molar-refractivity contribution in [3.8, 4) is 0 Å². The summed E-state index contributed by atoms with van der Waals surface area (Å²) in [7, 11) is 1.95. The lowest BCUT2D eigenvalue weighted by atomic mass is 9.64. The third kappa shape index (κ3) is 1.68. The van der Waals surface area contributed by atoms with Crippen molar-refractivity contribution < 1.29 is 4.79 Å². The molecule has 2 aromatic carbocycles. The number of hydrogen-bond donors (Lipinski definition) is 0. The zero-order valence-electron chi connectivity index (χ0n) is 12.3. The highest BCUT2D eigenvalue weighted by Gasteiger charge is 2.47. The van der Waals surface area contributed by atoms with Crippen molar-refractivity contribution in [2.24, 2.45) is 0 Å². The number of hydrogen-bond acceptors (Lipinski definition) is 1. The Bertz CT molecular complexity index is 694. The molecule has 3 aliphatic rings. The van der Waals surface area contributed by atoms with Crippen LogP contribution in [0.2, 0.25) is 0 Å². The number of nitrogens with zero attached hydrogens (tertiary/aromatic N) is 1. The molecule has 1 fully saturated rings. The normalized spacial score (nSPS) is 27.4. The lowest BCUT2D eigenvalue weighted by Crippen LogP contribution is -2.32. The first-order chi connectivity index (χ1) is 10.2. The Labute approximate surface area is 125 Å². The Balaban J connectivity index is 2.01. The summed E-state index contributed by atoms with van der Waals surface area (Å²) < 4.78 is 0. The maximum atomic E-state index is 12.6. The first-order valence-corrected chi connectivity index (χ1v) is 7.63. The monoisotopic (exact) mass is 277 g/mol. The standard InChI is InChI=1S/C19H19NO/c1-20-17-11-12-19(13-18(20)21,14-7-3-2-4-8-14)16-10-6-5-9-15(16)17/h2-10,17H,11-13H2,1H3. The number of carbonyl (C=O) groups is 1. The van der Waals surface area contributed by atoms with E-state index in [0.717, 1.165) is 12.8 Å². The summed E-state index contributed by atoms with van der Waals surface area (Å²) in [5.74, 6) is 0.262. The van der Waals surface area contributed by atoms with Crippen molar-refractivity contribution in [1.82, 2.24) is 4.90 Å². The van der Waals surface area contributed by atoms with Gasteiger partial charge in [-0.25, -0.2) is 0 Å². The molecule has 0 spiro atoms. The molecular weight excluding hydrogens is 258 g/mol.